The molecule has 17 heavy (non-hydrogen) atoms. The highest BCUT2D eigenvalue weighted by Crippen LogP contribution is 2.40. The highest BCUT2D eigenvalue weighted by Gasteiger charge is 2.45. The zero-order valence-electron chi connectivity index (χ0n) is 10.2. The summed E-state index contributed by atoms with van der Waals surface area (Å²) in [6, 6.07) is 0. The quantitative estimate of drug-likeness (QED) is 0.856. The van der Waals surface area contributed by atoms with Gasteiger partial charge in [0.2, 0.25) is 0 Å². The van der Waals surface area contributed by atoms with E-state index in [0.29, 0.717) is 25.1 Å². The normalized spacial score (nSPS) is 23.9. The van der Waals surface area contributed by atoms with Crippen molar-refractivity contribution in [3.63, 3.8) is 0 Å². The number of aromatic nitrogens is 3. The summed E-state index contributed by atoms with van der Waals surface area (Å²) in [5, 5.41) is 10.3. The third-order valence-electron chi connectivity index (χ3n) is 3.44. The lowest BCUT2D eigenvalue weighted by Crippen LogP contribution is -2.35. The standard InChI is InChI=1S/C11H18F2N4/c1-14-7-8-5-3-4-6-9-10(11(8,12)13)15-16-17(9)2/h8,14H,3-7H2,1-2H3. The molecular formula is C11H18F2N4. The molecule has 0 spiro atoms. The van der Waals surface area contributed by atoms with Crippen LogP contribution < -0.4 is 5.32 Å². The highest BCUT2D eigenvalue weighted by molar-refractivity contribution is 5.18. The number of halogens is 2. The van der Waals surface area contributed by atoms with Crippen molar-refractivity contribution in [3.05, 3.63) is 11.4 Å². The fourth-order valence-corrected chi connectivity index (χ4v) is 2.45. The van der Waals surface area contributed by atoms with E-state index in [1.54, 1.807) is 14.1 Å². The number of fused-ring (bicyclic) bond motifs is 1. The largest absolute Gasteiger partial charge is 0.319 e. The van der Waals surface area contributed by atoms with E-state index in [0.717, 1.165) is 12.8 Å². The molecule has 1 atom stereocenters. The van der Waals surface area contributed by atoms with Gasteiger partial charge >= 0.3 is 0 Å². The summed E-state index contributed by atoms with van der Waals surface area (Å²) in [6.45, 7) is 0.309. The van der Waals surface area contributed by atoms with E-state index in [4.69, 9.17) is 0 Å². The van der Waals surface area contributed by atoms with Crippen molar-refractivity contribution in [1.82, 2.24) is 20.3 Å². The zero-order chi connectivity index (χ0) is 12.5. The molecule has 1 heterocycles. The van der Waals surface area contributed by atoms with Gasteiger partial charge in [-0.15, -0.1) is 5.10 Å². The van der Waals surface area contributed by atoms with E-state index in [1.165, 1.54) is 4.68 Å². The van der Waals surface area contributed by atoms with Crippen LogP contribution in [0.25, 0.3) is 0 Å². The molecule has 6 heteroatoms. The number of hydrogen-bond acceptors (Lipinski definition) is 3. The van der Waals surface area contributed by atoms with Crippen LogP contribution in [0.1, 0.15) is 30.7 Å². The maximum Gasteiger partial charge on any atom is 0.297 e. The fourth-order valence-electron chi connectivity index (χ4n) is 2.45. The van der Waals surface area contributed by atoms with E-state index in [9.17, 15) is 8.78 Å². The van der Waals surface area contributed by atoms with Crippen LogP contribution >= 0.6 is 0 Å². The Morgan fingerprint density at radius 3 is 2.94 bits per heavy atom. The zero-order valence-corrected chi connectivity index (χ0v) is 10.2. The Balaban J connectivity index is 2.39. The van der Waals surface area contributed by atoms with Crippen LogP contribution in [0.2, 0.25) is 0 Å². The summed E-state index contributed by atoms with van der Waals surface area (Å²) in [5.41, 5.74) is 0.454. The Morgan fingerprint density at radius 1 is 1.47 bits per heavy atom. The number of nitrogens with zero attached hydrogens (tertiary/aromatic N) is 3. The summed E-state index contributed by atoms with van der Waals surface area (Å²) >= 11 is 0. The average molecular weight is 244 g/mol. The van der Waals surface area contributed by atoms with Gasteiger partial charge in [0.1, 0.15) is 0 Å². The third-order valence-corrected chi connectivity index (χ3v) is 3.44. The summed E-state index contributed by atoms with van der Waals surface area (Å²) in [6.07, 6.45) is 2.92. The van der Waals surface area contributed by atoms with Gasteiger partial charge < -0.3 is 5.32 Å². The van der Waals surface area contributed by atoms with Crippen molar-refractivity contribution >= 4 is 0 Å². The average Bonchev–Trinajstić information content (AvgIpc) is 2.63. The maximum atomic E-state index is 14.3. The molecule has 1 aromatic heterocycles. The van der Waals surface area contributed by atoms with E-state index in [2.05, 4.69) is 15.6 Å². The molecule has 1 aliphatic rings. The molecule has 1 unspecified atom stereocenters. The molecule has 0 fully saturated rings. The van der Waals surface area contributed by atoms with Gasteiger partial charge in [0.25, 0.3) is 5.92 Å². The second-order valence-electron chi connectivity index (χ2n) is 4.63. The van der Waals surface area contributed by atoms with Crippen molar-refractivity contribution in [2.75, 3.05) is 13.6 Å². The van der Waals surface area contributed by atoms with Gasteiger partial charge in [-0.25, -0.2) is 0 Å². The predicted molar refractivity (Wildman–Crippen MR) is 59.9 cm³/mol. The second-order valence-corrected chi connectivity index (χ2v) is 4.63. The van der Waals surface area contributed by atoms with Crippen LogP contribution in [0.5, 0.6) is 0 Å². The number of hydrogen-bond donors (Lipinski definition) is 1. The first-order chi connectivity index (χ1) is 8.07. The van der Waals surface area contributed by atoms with Gasteiger partial charge in [-0.1, -0.05) is 11.6 Å². The van der Waals surface area contributed by atoms with Gasteiger partial charge in [0.05, 0.1) is 5.69 Å². The van der Waals surface area contributed by atoms with E-state index in [1.807, 2.05) is 0 Å². The van der Waals surface area contributed by atoms with Crippen LogP contribution in [0.15, 0.2) is 0 Å². The molecule has 1 aromatic rings. The van der Waals surface area contributed by atoms with Crippen LogP contribution in [-0.2, 0) is 19.4 Å². The first-order valence-corrected chi connectivity index (χ1v) is 5.98. The second kappa shape index (κ2) is 4.68. The number of aryl methyl sites for hydroxylation is 1. The smallest absolute Gasteiger partial charge is 0.297 e. The maximum absolute atomic E-state index is 14.3. The van der Waals surface area contributed by atoms with Gasteiger partial charge in [-0.05, 0) is 26.3 Å². The first-order valence-electron chi connectivity index (χ1n) is 5.98. The minimum Gasteiger partial charge on any atom is -0.319 e. The molecule has 0 amide bonds. The van der Waals surface area contributed by atoms with E-state index in [-0.39, 0.29) is 5.69 Å². The lowest BCUT2D eigenvalue weighted by atomic mass is 9.88. The lowest BCUT2D eigenvalue weighted by Gasteiger charge is -2.27. The summed E-state index contributed by atoms with van der Waals surface area (Å²) in [5.74, 6) is -3.57. The SMILES string of the molecule is CNCC1CCCCc2c(nnn2C)C1(F)F. The van der Waals surface area contributed by atoms with E-state index >= 15 is 0 Å². The van der Waals surface area contributed by atoms with Crippen LogP contribution in [0.3, 0.4) is 0 Å². The molecular weight excluding hydrogens is 226 g/mol. The van der Waals surface area contributed by atoms with Crippen LogP contribution in [0.4, 0.5) is 8.78 Å². The van der Waals surface area contributed by atoms with Gasteiger partial charge in [0.15, 0.2) is 5.69 Å². The number of nitrogens with one attached hydrogen (secondary N) is 1. The molecule has 2 rings (SSSR count). The summed E-state index contributed by atoms with van der Waals surface area (Å²) in [7, 11) is 3.38. The predicted octanol–water partition coefficient (Wildman–Crippen LogP) is 1.47. The Hall–Kier alpha value is -1.04. The van der Waals surface area contributed by atoms with Crippen molar-refractivity contribution < 1.29 is 8.78 Å². The molecule has 0 saturated carbocycles. The molecule has 1 N–H and O–H groups in total. The molecule has 4 nitrogen and oxygen atoms in total. The first kappa shape index (κ1) is 12.4. The van der Waals surface area contributed by atoms with Crippen molar-refractivity contribution in [2.45, 2.75) is 31.6 Å². The van der Waals surface area contributed by atoms with Gasteiger partial charge in [-0.2, -0.15) is 8.78 Å². The Morgan fingerprint density at radius 2 is 2.24 bits per heavy atom. The number of rotatable bonds is 2. The molecule has 0 aliphatic heterocycles. The molecule has 0 saturated heterocycles. The Bertz CT molecular complexity index is 389. The van der Waals surface area contributed by atoms with Crippen LogP contribution in [0, 0.1) is 5.92 Å². The Labute approximate surface area is 99.4 Å². The molecule has 0 radical (unpaired) electrons. The molecule has 96 valence electrons. The van der Waals surface area contributed by atoms with Crippen molar-refractivity contribution in [2.24, 2.45) is 13.0 Å². The molecule has 1 aliphatic carbocycles. The van der Waals surface area contributed by atoms with Crippen LogP contribution in [-0.4, -0.2) is 28.6 Å². The lowest BCUT2D eigenvalue weighted by molar-refractivity contribution is -0.0737. The topological polar surface area (TPSA) is 42.7 Å². The minimum absolute atomic E-state index is 0.125. The monoisotopic (exact) mass is 244 g/mol. The minimum atomic E-state index is -2.88. The third kappa shape index (κ3) is 2.18. The Kier molecular flexibility index (Phi) is 3.42. The summed E-state index contributed by atoms with van der Waals surface area (Å²) < 4.78 is 30.2. The molecule has 0 bridgehead atoms. The number of alkyl halides is 2. The van der Waals surface area contributed by atoms with E-state index < -0.39 is 11.8 Å². The summed E-state index contributed by atoms with van der Waals surface area (Å²) in [4.78, 5) is 0. The van der Waals surface area contributed by atoms with Crippen molar-refractivity contribution in [1.29, 1.82) is 0 Å². The fraction of sp³-hybridized carbons (Fsp3) is 0.818. The molecule has 0 aromatic carbocycles. The highest BCUT2D eigenvalue weighted by atomic mass is 19.3. The van der Waals surface area contributed by atoms with Crippen molar-refractivity contribution in [3.8, 4) is 0 Å². The van der Waals surface area contributed by atoms with Gasteiger partial charge in [-0.3, -0.25) is 4.68 Å². The van der Waals surface area contributed by atoms with Gasteiger partial charge in [0, 0.05) is 19.5 Å².